The number of para-hydroxylation sites is 1. The normalized spacial score (nSPS) is 11.8. The number of carbonyl (C=O) groups excluding carboxylic acids is 1. The van der Waals surface area contributed by atoms with Gasteiger partial charge in [0.25, 0.3) is 0 Å². The van der Waals surface area contributed by atoms with E-state index in [1.807, 2.05) is 24.3 Å². The zero-order chi connectivity index (χ0) is 26.0. The molecule has 0 aliphatic carbocycles. The molecule has 1 unspecified atom stereocenters. The molecule has 2 aromatic heterocycles. The number of nitrogens with zero attached hydrogens (tertiary/aromatic N) is 3. The molecule has 2 heterocycles. The van der Waals surface area contributed by atoms with Crippen molar-refractivity contribution in [3.05, 3.63) is 72.4 Å². The van der Waals surface area contributed by atoms with E-state index in [0.29, 0.717) is 46.5 Å². The van der Waals surface area contributed by atoms with Gasteiger partial charge in [-0.1, -0.05) is 56.2 Å². The van der Waals surface area contributed by atoms with Gasteiger partial charge in [-0.25, -0.2) is 9.97 Å². The van der Waals surface area contributed by atoms with Gasteiger partial charge in [-0.15, -0.1) is 0 Å². The predicted molar refractivity (Wildman–Crippen MR) is 147 cm³/mol. The summed E-state index contributed by atoms with van der Waals surface area (Å²) in [4.78, 5) is 26.2. The summed E-state index contributed by atoms with van der Waals surface area (Å²) < 4.78 is 10.9. The van der Waals surface area contributed by atoms with Crippen molar-refractivity contribution >= 4 is 22.9 Å². The van der Waals surface area contributed by atoms with Crippen molar-refractivity contribution < 1.29 is 14.3 Å². The zero-order valence-corrected chi connectivity index (χ0v) is 21.7. The molecule has 1 atom stereocenters. The summed E-state index contributed by atoms with van der Waals surface area (Å²) in [6.07, 6.45) is 7.48. The number of rotatable bonds is 12. The van der Waals surface area contributed by atoms with Gasteiger partial charge in [0.05, 0.1) is 26.1 Å². The Bertz CT molecular complexity index is 1330. The molecule has 0 saturated heterocycles. The largest absolute Gasteiger partial charge is 0.493 e. The number of fused-ring (bicyclic) bond motifs is 1. The van der Waals surface area contributed by atoms with Crippen LogP contribution in [0.4, 0.5) is 5.82 Å². The first kappa shape index (κ1) is 26.1. The van der Waals surface area contributed by atoms with E-state index in [4.69, 9.17) is 9.47 Å². The molecule has 1 amide bonds. The van der Waals surface area contributed by atoms with Crippen LogP contribution in [0.1, 0.15) is 44.6 Å². The third-order valence-electron chi connectivity index (χ3n) is 6.46. The summed E-state index contributed by atoms with van der Waals surface area (Å²) in [5.41, 5.74) is 3.85. The van der Waals surface area contributed by atoms with Crippen LogP contribution in [-0.2, 0) is 11.2 Å². The Hall–Kier alpha value is -4.00. The number of hydrogen-bond donors (Lipinski definition) is 1. The third kappa shape index (κ3) is 7.03. The highest BCUT2D eigenvalue weighted by molar-refractivity contribution is 5.90. The lowest BCUT2D eigenvalue weighted by atomic mass is 9.96. The van der Waals surface area contributed by atoms with Crippen LogP contribution < -0.4 is 14.8 Å². The number of pyridine rings is 1. The number of carbonyl (C=O) groups is 1. The standard InChI is InChI=1S/C30H34N4O3/c1-21(10-7-14-22-12-5-4-6-13-22)11-8-17-28(35)33-27-19-18-24-30(34-27)32-25(20-31-24)23-15-9-16-26(36-2)29(23)37-3/h4-6,9,12-13,15-16,18-21H,7-8,10-11,14,17H2,1-3H3,(H,32,33,34,35). The average Bonchev–Trinajstić information content (AvgIpc) is 2.92. The number of hydrogen-bond acceptors (Lipinski definition) is 6. The lowest BCUT2D eigenvalue weighted by molar-refractivity contribution is -0.116. The van der Waals surface area contributed by atoms with E-state index in [9.17, 15) is 4.79 Å². The summed E-state index contributed by atoms with van der Waals surface area (Å²) in [7, 11) is 3.18. The minimum Gasteiger partial charge on any atom is -0.493 e. The van der Waals surface area contributed by atoms with Gasteiger partial charge in [-0.2, -0.15) is 0 Å². The van der Waals surface area contributed by atoms with Gasteiger partial charge in [-0.3, -0.25) is 9.78 Å². The number of ether oxygens (including phenoxy) is 2. The van der Waals surface area contributed by atoms with Gasteiger partial charge in [0, 0.05) is 12.0 Å². The molecule has 0 aliphatic heterocycles. The quantitative estimate of drug-likeness (QED) is 0.241. The van der Waals surface area contributed by atoms with Gasteiger partial charge in [0.1, 0.15) is 11.3 Å². The van der Waals surface area contributed by atoms with Crippen LogP contribution in [0, 0.1) is 5.92 Å². The first-order valence-electron chi connectivity index (χ1n) is 12.8. The highest BCUT2D eigenvalue weighted by Gasteiger charge is 2.14. The number of anilines is 1. The second-order valence-electron chi connectivity index (χ2n) is 9.26. The van der Waals surface area contributed by atoms with Gasteiger partial charge >= 0.3 is 0 Å². The fourth-order valence-electron chi connectivity index (χ4n) is 4.45. The maximum absolute atomic E-state index is 12.6. The van der Waals surface area contributed by atoms with E-state index in [2.05, 4.69) is 57.5 Å². The first-order valence-corrected chi connectivity index (χ1v) is 12.8. The van der Waals surface area contributed by atoms with Crippen molar-refractivity contribution in [3.63, 3.8) is 0 Å². The maximum atomic E-state index is 12.6. The van der Waals surface area contributed by atoms with Crippen LogP contribution in [0.5, 0.6) is 11.5 Å². The second kappa shape index (κ2) is 12.8. The van der Waals surface area contributed by atoms with Crippen molar-refractivity contribution in [3.8, 4) is 22.8 Å². The maximum Gasteiger partial charge on any atom is 0.225 e. The fourth-order valence-corrected chi connectivity index (χ4v) is 4.45. The highest BCUT2D eigenvalue weighted by Crippen LogP contribution is 2.37. The molecule has 0 bridgehead atoms. The summed E-state index contributed by atoms with van der Waals surface area (Å²) in [6.45, 7) is 2.27. The van der Waals surface area contributed by atoms with Crippen molar-refractivity contribution in [2.75, 3.05) is 19.5 Å². The Kier molecular flexibility index (Phi) is 9.03. The predicted octanol–water partition coefficient (Wildman–Crippen LogP) is 6.48. The number of benzene rings is 2. The van der Waals surface area contributed by atoms with E-state index in [1.54, 1.807) is 26.5 Å². The number of aromatic nitrogens is 3. The van der Waals surface area contributed by atoms with Crippen molar-refractivity contribution in [2.24, 2.45) is 5.92 Å². The topological polar surface area (TPSA) is 86.2 Å². The molecule has 7 nitrogen and oxygen atoms in total. The molecule has 192 valence electrons. The van der Waals surface area contributed by atoms with Crippen LogP contribution in [0.15, 0.2) is 66.9 Å². The molecule has 0 aliphatic rings. The molecule has 1 N–H and O–H groups in total. The fraction of sp³-hybridized carbons (Fsp3) is 0.333. The molecular formula is C30H34N4O3. The molecule has 0 radical (unpaired) electrons. The van der Waals surface area contributed by atoms with Gasteiger partial charge in [0.15, 0.2) is 17.1 Å². The second-order valence-corrected chi connectivity index (χ2v) is 9.26. The number of methoxy groups -OCH3 is 2. The summed E-state index contributed by atoms with van der Waals surface area (Å²) >= 11 is 0. The molecule has 2 aromatic carbocycles. The minimum atomic E-state index is -0.0399. The summed E-state index contributed by atoms with van der Waals surface area (Å²) in [5.74, 6) is 2.22. The Morgan fingerprint density at radius 3 is 2.51 bits per heavy atom. The molecule has 7 heteroatoms. The SMILES string of the molecule is COc1cccc(-c2cnc3ccc(NC(=O)CCCC(C)CCCc4ccccc4)nc3n2)c1OC. The molecule has 0 spiro atoms. The zero-order valence-electron chi connectivity index (χ0n) is 21.7. The van der Waals surface area contributed by atoms with Crippen LogP contribution in [0.2, 0.25) is 0 Å². The lowest BCUT2D eigenvalue weighted by Gasteiger charge is -2.12. The van der Waals surface area contributed by atoms with Crippen LogP contribution in [0.25, 0.3) is 22.4 Å². The number of amides is 1. The van der Waals surface area contributed by atoms with Gasteiger partial charge in [-0.05, 0) is 55.0 Å². The monoisotopic (exact) mass is 498 g/mol. The summed E-state index contributed by atoms with van der Waals surface area (Å²) in [5, 5.41) is 2.91. The van der Waals surface area contributed by atoms with E-state index < -0.39 is 0 Å². The van der Waals surface area contributed by atoms with Crippen molar-refractivity contribution in [2.45, 2.75) is 45.4 Å². The van der Waals surface area contributed by atoms with Crippen molar-refractivity contribution in [1.29, 1.82) is 0 Å². The molecule has 4 rings (SSSR count). The van der Waals surface area contributed by atoms with E-state index >= 15 is 0 Å². The highest BCUT2D eigenvalue weighted by atomic mass is 16.5. The smallest absolute Gasteiger partial charge is 0.225 e. The van der Waals surface area contributed by atoms with E-state index in [-0.39, 0.29) is 5.91 Å². The Balaban J connectivity index is 1.31. The lowest BCUT2D eigenvalue weighted by Crippen LogP contribution is -2.13. The van der Waals surface area contributed by atoms with Crippen LogP contribution in [0.3, 0.4) is 0 Å². The van der Waals surface area contributed by atoms with Gasteiger partial charge in [0.2, 0.25) is 5.91 Å². The molecule has 37 heavy (non-hydrogen) atoms. The van der Waals surface area contributed by atoms with E-state index in [1.165, 1.54) is 18.4 Å². The first-order chi connectivity index (χ1) is 18.1. The molecule has 4 aromatic rings. The number of nitrogens with one attached hydrogen (secondary N) is 1. The van der Waals surface area contributed by atoms with Crippen LogP contribution >= 0.6 is 0 Å². The van der Waals surface area contributed by atoms with Crippen LogP contribution in [-0.4, -0.2) is 35.1 Å². The van der Waals surface area contributed by atoms with Gasteiger partial charge < -0.3 is 14.8 Å². The van der Waals surface area contributed by atoms with Crippen molar-refractivity contribution in [1.82, 2.24) is 15.0 Å². The molecular weight excluding hydrogens is 464 g/mol. The Morgan fingerprint density at radius 1 is 0.919 bits per heavy atom. The summed E-state index contributed by atoms with van der Waals surface area (Å²) in [6, 6.07) is 19.7. The average molecular weight is 499 g/mol. The molecule has 0 fully saturated rings. The minimum absolute atomic E-state index is 0.0399. The molecule has 0 saturated carbocycles. The number of aryl methyl sites for hydroxylation is 1. The van der Waals surface area contributed by atoms with E-state index in [0.717, 1.165) is 24.8 Å². The third-order valence-corrected chi connectivity index (χ3v) is 6.46. The Labute approximate surface area is 218 Å². The Morgan fingerprint density at radius 2 is 1.73 bits per heavy atom.